The number of furan rings is 1. The van der Waals surface area contributed by atoms with E-state index >= 15 is 0 Å². The van der Waals surface area contributed by atoms with Gasteiger partial charge in [0.1, 0.15) is 17.3 Å². The van der Waals surface area contributed by atoms with Crippen LogP contribution in [0.4, 0.5) is 5.82 Å². The zero-order valence-electron chi connectivity index (χ0n) is 15.9. The number of hydrogen-bond donors (Lipinski definition) is 1. The van der Waals surface area contributed by atoms with Crippen LogP contribution in [0, 0.1) is 0 Å². The van der Waals surface area contributed by atoms with Gasteiger partial charge in [-0.05, 0) is 38.1 Å². The van der Waals surface area contributed by atoms with Crippen molar-refractivity contribution < 1.29 is 18.7 Å². The Balaban J connectivity index is 1.65. The molecule has 0 aliphatic carbocycles. The second-order valence-electron chi connectivity index (χ2n) is 7.06. The van der Waals surface area contributed by atoms with Gasteiger partial charge >= 0.3 is 5.97 Å². The van der Waals surface area contributed by atoms with E-state index in [1.165, 1.54) is 7.11 Å². The highest BCUT2D eigenvalue weighted by molar-refractivity contribution is 5.94. The molecule has 4 rings (SSSR count). The fraction of sp³-hybridized carbons (Fsp3) is 0.286. The Morgan fingerprint density at radius 2 is 2.00 bits per heavy atom. The van der Waals surface area contributed by atoms with Crippen molar-refractivity contribution in [3.8, 4) is 11.3 Å². The van der Waals surface area contributed by atoms with E-state index in [4.69, 9.17) is 9.15 Å². The standard InChI is InChI=1S/C21H21N3O4/c1-12(2)24-20-16(11-22-24)15(10-19(25)23-20)18-9-8-17(28-18)13-4-6-14(7-5-13)21(26)27-3/h4-9,11-12,15H,10H2,1-3H3,(H,23,25)/t15-/m1/s1. The quantitative estimate of drug-likeness (QED) is 0.693. The molecule has 1 aromatic carbocycles. The average molecular weight is 379 g/mol. The van der Waals surface area contributed by atoms with Crippen molar-refractivity contribution in [3.63, 3.8) is 0 Å². The van der Waals surface area contributed by atoms with Gasteiger partial charge in [0.15, 0.2) is 0 Å². The average Bonchev–Trinajstić information content (AvgIpc) is 3.34. The summed E-state index contributed by atoms with van der Waals surface area (Å²) in [5.74, 6) is 1.51. The summed E-state index contributed by atoms with van der Waals surface area (Å²) in [5, 5.41) is 7.35. The Morgan fingerprint density at radius 3 is 2.68 bits per heavy atom. The van der Waals surface area contributed by atoms with E-state index in [1.54, 1.807) is 18.3 Å². The summed E-state index contributed by atoms with van der Waals surface area (Å²) >= 11 is 0. The van der Waals surface area contributed by atoms with Crippen LogP contribution in [0.3, 0.4) is 0 Å². The second kappa shape index (κ2) is 6.99. The summed E-state index contributed by atoms with van der Waals surface area (Å²) in [4.78, 5) is 23.8. The van der Waals surface area contributed by atoms with E-state index < -0.39 is 0 Å². The molecule has 2 aromatic heterocycles. The van der Waals surface area contributed by atoms with Crippen molar-refractivity contribution in [2.75, 3.05) is 12.4 Å². The third-order valence-corrected chi connectivity index (χ3v) is 4.90. The molecule has 0 spiro atoms. The molecule has 7 heteroatoms. The van der Waals surface area contributed by atoms with Crippen LogP contribution in [0.15, 0.2) is 47.0 Å². The Bertz CT molecular complexity index is 1030. The highest BCUT2D eigenvalue weighted by atomic mass is 16.5. The smallest absolute Gasteiger partial charge is 0.337 e. The molecule has 1 N–H and O–H groups in total. The molecule has 1 aliphatic heterocycles. The summed E-state index contributed by atoms with van der Waals surface area (Å²) in [6.07, 6.45) is 2.11. The summed E-state index contributed by atoms with van der Waals surface area (Å²) in [7, 11) is 1.35. The van der Waals surface area contributed by atoms with E-state index in [-0.39, 0.29) is 23.8 Å². The number of aromatic nitrogens is 2. The number of fused-ring (bicyclic) bond motifs is 1. The maximum Gasteiger partial charge on any atom is 0.337 e. The lowest BCUT2D eigenvalue weighted by Gasteiger charge is -2.23. The number of methoxy groups -OCH3 is 1. The van der Waals surface area contributed by atoms with Gasteiger partial charge in [0.25, 0.3) is 0 Å². The number of nitrogens with zero attached hydrogens (tertiary/aromatic N) is 2. The van der Waals surface area contributed by atoms with Crippen molar-refractivity contribution in [1.29, 1.82) is 0 Å². The third-order valence-electron chi connectivity index (χ3n) is 4.90. The first-order valence-corrected chi connectivity index (χ1v) is 9.13. The monoisotopic (exact) mass is 379 g/mol. The SMILES string of the molecule is COC(=O)c1ccc(-c2ccc([C@@H]3CC(=O)Nc4c3cnn4C(C)C)o2)cc1. The first kappa shape index (κ1) is 18.0. The second-order valence-corrected chi connectivity index (χ2v) is 7.06. The minimum absolute atomic E-state index is 0.0553. The number of hydrogen-bond acceptors (Lipinski definition) is 5. The van der Waals surface area contributed by atoms with Crippen molar-refractivity contribution in [2.45, 2.75) is 32.2 Å². The molecular weight excluding hydrogens is 358 g/mol. The molecule has 1 aliphatic rings. The Hall–Kier alpha value is -3.35. The highest BCUT2D eigenvalue weighted by Crippen LogP contribution is 2.39. The van der Waals surface area contributed by atoms with Crippen LogP contribution in [0.2, 0.25) is 0 Å². The zero-order valence-corrected chi connectivity index (χ0v) is 15.9. The molecule has 28 heavy (non-hydrogen) atoms. The van der Waals surface area contributed by atoms with Crippen molar-refractivity contribution in [1.82, 2.24) is 9.78 Å². The van der Waals surface area contributed by atoms with Gasteiger partial charge in [-0.15, -0.1) is 0 Å². The number of carbonyl (C=O) groups is 2. The van der Waals surface area contributed by atoms with Crippen molar-refractivity contribution in [2.24, 2.45) is 0 Å². The van der Waals surface area contributed by atoms with Crippen LogP contribution in [0.1, 0.15) is 53.9 Å². The van der Waals surface area contributed by atoms with Crippen LogP contribution in [-0.4, -0.2) is 28.8 Å². The van der Waals surface area contributed by atoms with E-state index in [9.17, 15) is 9.59 Å². The van der Waals surface area contributed by atoms with Gasteiger partial charge < -0.3 is 14.5 Å². The predicted molar refractivity (Wildman–Crippen MR) is 103 cm³/mol. The number of amides is 1. The molecule has 3 aromatic rings. The van der Waals surface area contributed by atoms with Crippen LogP contribution in [0.5, 0.6) is 0 Å². The molecule has 0 saturated heterocycles. The predicted octanol–water partition coefficient (Wildman–Crippen LogP) is 3.98. The molecule has 0 bridgehead atoms. The molecule has 1 atom stereocenters. The van der Waals surface area contributed by atoms with Gasteiger partial charge in [0.05, 0.1) is 24.8 Å². The number of benzene rings is 1. The largest absolute Gasteiger partial charge is 0.465 e. The molecule has 0 fully saturated rings. The number of esters is 1. The zero-order chi connectivity index (χ0) is 19.8. The Kier molecular flexibility index (Phi) is 4.50. The normalized spacial score (nSPS) is 16.0. The van der Waals surface area contributed by atoms with E-state index in [0.29, 0.717) is 23.5 Å². The van der Waals surface area contributed by atoms with Gasteiger partial charge in [-0.25, -0.2) is 9.48 Å². The van der Waals surface area contributed by atoms with Gasteiger partial charge in [-0.2, -0.15) is 5.10 Å². The molecule has 0 unspecified atom stereocenters. The topological polar surface area (TPSA) is 86.4 Å². The minimum Gasteiger partial charge on any atom is -0.465 e. The molecule has 3 heterocycles. The fourth-order valence-electron chi connectivity index (χ4n) is 3.47. The number of anilines is 1. The van der Waals surface area contributed by atoms with Crippen LogP contribution in [-0.2, 0) is 9.53 Å². The van der Waals surface area contributed by atoms with E-state index in [2.05, 4.69) is 10.4 Å². The van der Waals surface area contributed by atoms with Gasteiger partial charge in [-0.3, -0.25) is 4.79 Å². The van der Waals surface area contributed by atoms with E-state index in [0.717, 1.165) is 16.9 Å². The Morgan fingerprint density at radius 1 is 1.25 bits per heavy atom. The maximum atomic E-state index is 12.3. The summed E-state index contributed by atoms with van der Waals surface area (Å²) < 4.78 is 12.6. The molecule has 7 nitrogen and oxygen atoms in total. The van der Waals surface area contributed by atoms with Crippen molar-refractivity contribution in [3.05, 3.63) is 59.5 Å². The minimum atomic E-state index is -0.380. The first-order valence-electron chi connectivity index (χ1n) is 9.13. The molecule has 0 saturated carbocycles. The molecule has 144 valence electrons. The Labute approximate surface area is 162 Å². The van der Waals surface area contributed by atoms with Gasteiger partial charge in [-0.1, -0.05) is 12.1 Å². The first-order chi connectivity index (χ1) is 13.5. The number of nitrogens with one attached hydrogen (secondary N) is 1. The van der Waals surface area contributed by atoms with Crippen LogP contribution in [0.25, 0.3) is 11.3 Å². The number of carbonyl (C=O) groups excluding carboxylic acids is 2. The number of ether oxygens (including phenoxy) is 1. The lowest BCUT2D eigenvalue weighted by molar-refractivity contribution is -0.116. The summed E-state index contributed by atoms with van der Waals surface area (Å²) in [5.41, 5.74) is 2.28. The molecular formula is C21H21N3O4. The van der Waals surface area contributed by atoms with Crippen LogP contribution >= 0.6 is 0 Å². The van der Waals surface area contributed by atoms with Crippen molar-refractivity contribution >= 4 is 17.7 Å². The van der Waals surface area contributed by atoms with Gasteiger partial charge in [0, 0.05) is 23.6 Å². The lowest BCUT2D eigenvalue weighted by atomic mass is 9.92. The lowest BCUT2D eigenvalue weighted by Crippen LogP contribution is -2.25. The number of rotatable bonds is 4. The maximum absolute atomic E-state index is 12.3. The third kappa shape index (κ3) is 3.09. The van der Waals surface area contributed by atoms with Gasteiger partial charge in [0.2, 0.25) is 5.91 Å². The molecule has 0 radical (unpaired) electrons. The molecule has 1 amide bonds. The highest BCUT2D eigenvalue weighted by Gasteiger charge is 2.32. The summed E-state index contributed by atoms with van der Waals surface area (Å²) in [6.45, 7) is 4.04. The summed E-state index contributed by atoms with van der Waals surface area (Å²) in [6, 6.07) is 10.9. The fourth-order valence-corrected chi connectivity index (χ4v) is 3.47. The van der Waals surface area contributed by atoms with Crippen LogP contribution < -0.4 is 5.32 Å². The van der Waals surface area contributed by atoms with E-state index in [1.807, 2.05) is 42.8 Å².